The van der Waals surface area contributed by atoms with Gasteiger partial charge in [0.05, 0.1) is 36.7 Å². The highest BCUT2D eigenvalue weighted by Crippen LogP contribution is 2.34. The summed E-state index contributed by atoms with van der Waals surface area (Å²) >= 11 is 0. The zero-order valence-electron chi connectivity index (χ0n) is 20.5. The minimum atomic E-state index is -1.10. The minimum absolute atomic E-state index is 0.0192. The van der Waals surface area contributed by atoms with Crippen LogP contribution in [0.15, 0.2) is 36.5 Å². The van der Waals surface area contributed by atoms with Crippen LogP contribution in [0.1, 0.15) is 20.8 Å². The summed E-state index contributed by atoms with van der Waals surface area (Å²) in [6, 6.07) is 6.31. The van der Waals surface area contributed by atoms with Crippen molar-refractivity contribution in [2.24, 2.45) is 0 Å². The third kappa shape index (κ3) is 6.90. The van der Waals surface area contributed by atoms with Crippen LogP contribution in [-0.4, -0.2) is 40.8 Å². The van der Waals surface area contributed by atoms with Gasteiger partial charge in [-0.15, -0.1) is 0 Å². The lowest BCUT2D eigenvalue weighted by Crippen LogP contribution is -2.27. The highest BCUT2D eigenvalue weighted by molar-refractivity contribution is 5.86. The van der Waals surface area contributed by atoms with Gasteiger partial charge in [0.1, 0.15) is 17.1 Å². The van der Waals surface area contributed by atoms with Gasteiger partial charge in [0.25, 0.3) is 0 Å². The Hall–Kier alpha value is -4.75. The van der Waals surface area contributed by atoms with Gasteiger partial charge >= 0.3 is 11.8 Å². The third-order valence-corrected chi connectivity index (χ3v) is 4.55. The average Bonchev–Trinajstić information content (AvgIpc) is 2.80. The number of methoxy groups -OCH3 is 2. The lowest BCUT2D eigenvalue weighted by Gasteiger charge is -2.20. The van der Waals surface area contributed by atoms with Crippen molar-refractivity contribution in [1.82, 2.24) is 9.97 Å². The van der Waals surface area contributed by atoms with E-state index in [0.717, 1.165) is 18.3 Å². The summed E-state index contributed by atoms with van der Waals surface area (Å²) in [6.07, 6.45) is 0.169. The Morgan fingerprint density at radius 2 is 1.68 bits per heavy atom. The smallest absolute Gasteiger partial charge is 0.412 e. The van der Waals surface area contributed by atoms with Crippen molar-refractivity contribution in [1.29, 1.82) is 0 Å². The van der Waals surface area contributed by atoms with Gasteiger partial charge in [-0.2, -0.15) is 9.37 Å². The summed E-state index contributed by atoms with van der Waals surface area (Å²) < 4.78 is 44.1. The van der Waals surface area contributed by atoms with Crippen molar-refractivity contribution in [3.8, 4) is 11.5 Å². The second-order valence-corrected chi connectivity index (χ2v) is 8.44. The zero-order valence-corrected chi connectivity index (χ0v) is 20.5. The molecule has 3 rings (SSSR count). The second-order valence-electron chi connectivity index (χ2n) is 8.44. The van der Waals surface area contributed by atoms with E-state index in [9.17, 15) is 23.7 Å². The number of halogens is 2. The summed E-state index contributed by atoms with van der Waals surface area (Å²) in [5, 5.41) is 19.1. The summed E-state index contributed by atoms with van der Waals surface area (Å²) in [5.41, 5.74) is -0.959. The number of ether oxygens (including phenoxy) is 3. The fraction of sp³-hybridized carbons (Fsp3) is 0.261. The lowest BCUT2D eigenvalue weighted by molar-refractivity contribution is -0.387. The van der Waals surface area contributed by atoms with Crippen molar-refractivity contribution >= 4 is 40.6 Å². The van der Waals surface area contributed by atoms with E-state index in [0.29, 0.717) is 11.4 Å². The van der Waals surface area contributed by atoms with Crippen molar-refractivity contribution in [3.63, 3.8) is 0 Å². The minimum Gasteiger partial charge on any atom is -0.495 e. The largest absolute Gasteiger partial charge is 0.495 e. The first-order valence-corrected chi connectivity index (χ1v) is 10.7. The Morgan fingerprint density at radius 3 is 2.30 bits per heavy atom. The molecule has 0 fully saturated rings. The molecule has 37 heavy (non-hydrogen) atoms. The maximum absolute atomic E-state index is 14.6. The van der Waals surface area contributed by atoms with Crippen LogP contribution in [0.25, 0.3) is 0 Å². The van der Waals surface area contributed by atoms with E-state index in [1.54, 1.807) is 26.8 Å². The zero-order chi connectivity index (χ0) is 27.3. The number of nitro benzene ring substituents is 1. The Morgan fingerprint density at radius 1 is 1.00 bits per heavy atom. The maximum Gasteiger partial charge on any atom is 0.412 e. The second kappa shape index (κ2) is 10.9. The number of amides is 1. The first-order chi connectivity index (χ1) is 17.4. The Labute approximate surface area is 210 Å². The van der Waals surface area contributed by atoms with Crippen LogP contribution in [0.2, 0.25) is 0 Å². The molecule has 0 radical (unpaired) electrons. The molecule has 1 aromatic heterocycles. The van der Waals surface area contributed by atoms with E-state index in [1.807, 2.05) is 0 Å². The molecule has 0 unspecified atom stereocenters. The Kier molecular flexibility index (Phi) is 7.90. The summed E-state index contributed by atoms with van der Waals surface area (Å²) in [7, 11) is 2.65. The molecule has 0 saturated heterocycles. The predicted molar refractivity (Wildman–Crippen MR) is 131 cm³/mol. The Balaban J connectivity index is 1.90. The molecule has 3 aromatic rings. The molecule has 196 valence electrons. The molecule has 14 heteroatoms. The van der Waals surface area contributed by atoms with E-state index in [4.69, 9.17) is 14.2 Å². The number of carbonyl (C=O) groups is 1. The molecule has 0 aliphatic carbocycles. The number of nitrogens with zero attached hydrogens (tertiary/aromatic N) is 3. The van der Waals surface area contributed by atoms with Gasteiger partial charge in [-0.05, 0) is 39.0 Å². The summed E-state index contributed by atoms with van der Waals surface area (Å²) in [4.78, 5) is 30.2. The van der Waals surface area contributed by atoms with E-state index >= 15 is 0 Å². The molecular formula is C23H24F2N6O6. The first-order valence-electron chi connectivity index (χ1n) is 10.7. The topological polar surface area (TPSA) is 150 Å². The number of aromatic nitrogens is 2. The lowest BCUT2D eigenvalue weighted by atomic mass is 10.2. The van der Waals surface area contributed by atoms with Crippen molar-refractivity contribution < 1.29 is 32.7 Å². The highest BCUT2D eigenvalue weighted by atomic mass is 19.1. The number of rotatable bonds is 8. The fourth-order valence-electron chi connectivity index (χ4n) is 3.02. The predicted octanol–water partition coefficient (Wildman–Crippen LogP) is 5.51. The van der Waals surface area contributed by atoms with Crippen LogP contribution in [0.5, 0.6) is 11.5 Å². The van der Waals surface area contributed by atoms with Gasteiger partial charge < -0.3 is 24.8 Å². The molecule has 1 heterocycles. The van der Waals surface area contributed by atoms with Crippen molar-refractivity contribution in [3.05, 3.63) is 58.3 Å². The summed E-state index contributed by atoms with van der Waals surface area (Å²) in [5.74, 6) is -2.16. The van der Waals surface area contributed by atoms with Crippen LogP contribution in [0, 0.1) is 21.7 Å². The number of benzene rings is 2. The van der Waals surface area contributed by atoms with E-state index in [-0.39, 0.29) is 28.9 Å². The van der Waals surface area contributed by atoms with E-state index < -0.39 is 33.9 Å². The maximum atomic E-state index is 14.6. The molecule has 1 amide bonds. The SMILES string of the molecule is COc1cc(F)c([N+](=O)[O-])cc1Nc1ncc(F)c(Nc2cc(NC(=O)OC(C)(C)C)ccc2OC)n1. The molecule has 2 aromatic carbocycles. The average molecular weight is 518 g/mol. The van der Waals surface area contributed by atoms with E-state index in [1.165, 1.54) is 26.4 Å². The number of nitrogens with one attached hydrogen (secondary N) is 3. The normalized spacial score (nSPS) is 10.9. The molecule has 0 atom stereocenters. The molecule has 0 aliphatic rings. The highest BCUT2D eigenvalue weighted by Gasteiger charge is 2.21. The van der Waals surface area contributed by atoms with Crippen LogP contribution in [0.4, 0.5) is 48.1 Å². The van der Waals surface area contributed by atoms with Crippen LogP contribution >= 0.6 is 0 Å². The van der Waals surface area contributed by atoms with Crippen LogP contribution in [-0.2, 0) is 4.74 Å². The molecule has 0 spiro atoms. The number of hydrogen-bond donors (Lipinski definition) is 3. The van der Waals surface area contributed by atoms with Gasteiger partial charge in [0.2, 0.25) is 11.8 Å². The standard InChI is InChI=1S/C23H24F2N6O6/c1-23(2,3)37-22(32)27-12-6-7-18(35-4)15(8-12)28-20-14(25)11-26-21(30-20)29-16-10-17(31(33)34)13(24)9-19(16)36-5/h6-11H,1-5H3,(H,27,32)(H2,26,28,29,30). The number of carbonyl (C=O) groups excluding carboxylic acids is 1. The molecule has 12 nitrogen and oxygen atoms in total. The quantitative estimate of drug-likeness (QED) is 0.257. The van der Waals surface area contributed by atoms with Crippen molar-refractivity contribution in [2.75, 3.05) is 30.2 Å². The molecule has 0 saturated carbocycles. The third-order valence-electron chi connectivity index (χ3n) is 4.55. The number of hydrogen-bond acceptors (Lipinski definition) is 10. The number of anilines is 5. The van der Waals surface area contributed by atoms with Gasteiger partial charge in [0, 0.05) is 17.8 Å². The Bertz CT molecular complexity index is 1330. The van der Waals surface area contributed by atoms with Gasteiger partial charge in [-0.25, -0.2) is 14.2 Å². The molecule has 3 N–H and O–H groups in total. The van der Waals surface area contributed by atoms with Crippen molar-refractivity contribution in [2.45, 2.75) is 26.4 Å². The fourth-order valence-corrected chi connectivity index (χ4v) is 3.02. The monoisotopic (exact) mass is 518 g/mol. The van der Waals surface area contributed by atoms with Crippen LogP contribution in [0.3, 0.4) is 0 Å². The van der Waals surface area contributed by atoms with E-state index in [2.05, 4.69) is 25.9 Å². The van der Waals surface area contributed by atoms with Gasteiger partial charge in [0.15, 0.2) is 11.6 Å². The van der Waals surface area contributed by atoms with Gasteiger partial charge in [-0.1, -0.05) is 0 Å². The first kappa shape index (κ1) is 26.8. The van der Waals surface area contributed by atoms with Gasteiger partial charge in [-0.3, -0.25) is 15.4 Å². The van der Waals surface area contributed by atoms with Crippen LogP contribution < -0.4 is 25.4 Å². The molecule has 0 aliphatic heterocycles. The molecule has 0 bridgehead atoms. The number of nitro groups is 1. The summed E-state index contributed by atoms with van der Waals surface area (Å²) in [6.45, 7) is 5.16. The molecular weight excluding hydrogens is 494 g/mol.